The number of aliphatic hydroxyl groups excluding tert-OH is 1. The van der Waals surface area contributed by atoms with Gasteiger partial charge in [-0.1, -0.05) is 13.8 Å². The molecule has 2 aliphatic carbocycles. The molecule has 0 amide bonds. The highest BCUT2D eigenvalue weighted by Crippen LogP contribution is 2.53. The Kier molecular flexibility index (Phi) is 3.29. The summed E-state index contributed by atoms with van der Waals surface area (Å²) in [5.74, 6) is -1.17. The Bertz CT molecular complexity index is 675. The third-order valence-electron chi connectivity index (χ3n) is 5.81. The number of aryl methyl sites for hydroxylation is 1. The first-order valence-electron chi connectivity index (χ1n) is 7.68. The molecular weight excluding hydrogens is 282 g/mol. The Morgan fingerprint density at radius 3 is 2.82 bits per heavy atom. The van der Waals surface area contributed by atoms with E-state index in [0.29, 0.717) is 12.8 Å². The van der Waals surface area contributed by atoms with Crippen molar-refractivity contribution in [1.82, 2.24) is 9.78 Å². The number of nitriles is 1. The summed E-state index contributed by atoms with van der Waals surface area (Å²) in [6, 6.07) is 2.22. The van der Waals surface area contributed by atoms with Crippen LogP contribution in [0.3, 0.4) is 0 Å². The number of hydrogen-bond donors (Lipinski definition) is 2. The lowest BCUT2D eigenvalue weighted by Crippen LogP contribution is -2.52. The van der Waals surface area contributed by atoms with Gasteiger partial charge in [0.2, 0.25) is 0 Å². The fourth-order valence-electron chi connectivity index (χ4n) is 4.72. The number of carboxylic acids is 1. The van der Waals surface area contributed by atoms with Crippen LogP contribution in [0.2, 0.25) is 0 Å². The zero-order valence-electron chi connectivity index (χ0n) is 13.1. The third-order valence-corrected chi connectivity index (χ3v) is 5.81. The molecule has 5 atom stereocenters. The van der Waals surface area contributed by atoms with Crippen molar-refractivity contribution in [3.63, 3.8) is 0 Å². The number of fused-ring (bicyclic) bond motifs is 3. The van der Waals surface area contributed by atoms with Gasteiger partial charge in [-0.05, 0) is 31.1 Å². The summed E-state index contributed by atoms with van der Waals surface area (Å²) in [6.07, 6.45) is 1.40. The second kappa shape index (κ2) is 4.82. The first-order chi connectivity index (χ1) is 10.3. The largest absolute Gasteiger partial charge is 0.477 e. The molecule has 1 aromatic rings. The molecule has 6 heteroatoms. The number of aromatic carboxylic acids is 1. The summed E-state index contributed by atoms with van der Waals surface area (Å²) in [5.41, 5.74) is 1.51. The van der Waals surface area contributed by atoms with Crippen LogP contribution in [-0.2, 0) is 18.9 Å². The number of nitrogens with zero attached hydrogens (tertiary/aromatic N) is 3. The minimum atomic E-state index is -0.959. The van der Waals surface area contributed by atoms with E-state index in [1.807, 2.05) is 6.92 Å². The molecule has 2 N–H and O–H groups in total. The number of aliphatic hydroxyl groups is 1. The molecule has 6 nitrogen and oxygen atoms in total. The van der Waals surface area contributed by atoms with E-state index in [0.717, 1.165) is 17.7 Å². The van der Waals surface area contributed by atoms with Crippen LogP contribution >= 0.6 is 0 Å². The number of carboxylic acid groups (broad SMARTS) is 1. The lowest BCUT2D eigenvalue weighted by molar-refractivity contribution is -0.0343. The Labute approximate surface area is 129 Å². The van der Waals surface area contributed by atoms with E-state index < -0.39 is 18.0 Å². The highest BCUT2D eigenvalue weighted by Gasteiger charge is 2.53. The van der Waals surface area contributed by atoms with Crippen LogP contribution in [0.25, 0.3) is 0 Å². The van der Waals surface area contributed by atoms with Crippen molar-refractivity contribution in [2.75, 3.05) is 0 Å². The Hall–Kier alpha value is -1.87. The van der Waals surface area contributed by atoms with Crippen molar-refractivity contribution >= 4 is 5.97 Å². The molecule has 1 saturated carbocycles. The second-order valence-electron chi connectivity index (χ2n) is 6.96. The van der Waals surface area contributed by atoms with Gasteiger partial charge in [0.1, 0.15) is 5.69 Å². The lowest BCUT2D eigenvalue weighted by atomic mass is 9.53. The fourth-order valence-corrected chi connectivity index (χ4v) is 4.72. The number of aromatic nitrogens is 2. The summed E-state index contributed by atoms with van der Waals surface area (Å²) in [5, 5.41) is 33.6. The molecule has 1 aromatic heterocycles. The van der Waals surface area contributed by atoms with Gasteiger partial charge in [0, 0.05) is 18.0 Å². The molecule has 0 spiro atoms. The van der Waals surface area contributed by atoms with Crippen LogP contribution < -0.4 is 0 Å². The summed E-state index contributed by atoms with van der Waals surface area (Å²) >= 11 is 0. The number of hydrogen-bond acceptors (Lipinski definition) is 4. The molecule has 0 radical (unpaired) electrons. The van der Waals surface area contributed by atoms with Crippen molar-refractivity contribution in [1.29, 1.82) is 5.26 Å². The first-order valence-corrected chi connectivity index (χ1v) is 7.68. The average Bonchev–Trinajstić information content (AvgIpc) is 2.80. The average molecular weight is 303 g/mol. The van der Waals surface area contributed by atoms with Crippen LogP contribution in [-0.4, -0.2) is 32.1 Å². The van der Waals surface area contributed by atoms with Gasteiger partial charge in [0.25, 0.3) is 0 Å². The summed E-state index contributed by atoms with van der Waals surface area (Å²) < 4.78 is 1.44. The summed E-state index contributed by atoms with van der Waals surface area (Å²) in [6.45, 7) is 4.06. The van der Waals surface area contributed by atoms with Gasteiger partial charge >= 0.3 is 5.97 Å². The molecule has 0 aromatic carbocycles. The maximum atomic E-state index is 11.5. The Morgan fingerprint density at radius 1 is 1.55 bits per heavy atom. The van der Waals surface area contributed by atoms with Crippen molar-refractivity contribution in [3.8, 4) is 6.07 Å². The Morgan fingerprint density at radius 2 is 2.23 bits per heavy atom. The zero-order chi connectivity index (χ0) is 16.2. The van der Waals surface area contributed by atoms with E-state index in [-0.39, 0.29) is 22.9 Å². The van der Waals surface area contributed by atoms with Crippen molar-refractivity contribution < 1.29 is 15.0 Å². The SMILES string of the molecule is C[C@@H]1C(O)C(C#N)C[C@]2(C)c3nn(C)c(C(=O)O)c3CC[C@@H]12. The minimum absolute atomic E-state index is 0.00633. The van der Waals surface area contributed by atoms with Crippen molar-refractivity contribution in [2.45, 2.75) is 44.6 Å². The maximum absolute atomic E-state index is 11.5. The highest BCUT2D eigenvalue weighted by molar-refractivity contribution is 5.88. The van der Waals surface area contributed by atoms with Crippen LogP contribution in [0.15, 0.2) is 0 Å². The van der Waals surface area contributed by atoms with E-state index in [1.54, 1.807) is 7.05 Å². The van der Waals surface area contributed by atoms with E-state index in [2.05, 4.69) is 18.1 Å². The third kappa shape index (κ3) is 1.82. The molecule has 2 unspecified atom stereocenters. The smallest absolute Gasteiger partial charge is 0.354 e. The standard InChI is InChI=1S/C16H21N3O3/c1-8-11-5-4-10-12(15(21)22)19(3)18-14(10)16(11,2)6-9(7-17)13(8)20/h8-9,11,13,20H,4-6H2,1-3H3,(H,21,22)/t8-,9?,11-,13?,16-/m0/s1. The quantitative estimate of drug-likeness (QED) is 0.818. The Balaban J connectivity index is 2.14. The van der Waals surface area contributed by atoms with Gasteiger partial charge in [-0.2, -0.15) is 10.4 Å². The maximum Gasteiger partial charge on any atom is 0.354 e. The van der Waals surface area contributed by atoms with Crippen LogP contribution in [0, 0.1) is 29.1 Å². The van der Waals surface area contributed by atoms with Crippen LogP contribution in [0.4, 0.5) is 0 Å². The molecule has 118 valence electrons. The van der Waals surface area contributed by atoms with Gasteiger partial charge in [0.15, 0.2) is 0 Å². The second-order valence-corrected chi connectivity index (χ2v) is 6.96. The van der Waals surface area contributed by atoms with Crippen molar-refractivity contribution in [2.24, 2.45) is 24.8 Å². The highest BCUT2D eigenvalue weighted by atomic mass is 16.4. The predicted octanol–water partition coefficient (Wildman–Crippen LogP) is 1.48. The van der Waals surface area contributed by atoms with Gasteiger partial charge in [-0.15, -0.1) is 0 Å². The van der Waals surface area contributed by atoms with Gasteiger partial charge < -0.3 is 10.2 Å². The zero-order valence-corrected chi connectivity index (χ0v) is 13.1. The van der Waals surface area contributed by atoms with E-state index >= 15 is 0 Å². The van der Waals surface area contributed by atoms with Crippen LogP contribution in [0.1, 0.15) is 48.4 Å². The molecule has 0 bridgehead atoms. The molecular formula is C16H21N3O3. The molecule has 1 fully saturated rings. The molecule has 1 heterocycles. The normalized spacial score (nSPS) is 37.0. The lowest BCUT2D eigenvalue weighted by Gasteiger charge is -2.50. The van der Waals surface area contributed by atoms with Gasteiger partial charge in [0.05, 0.1) is 23.8 Å². The van der Waals surface area contributed by atoms with Gasteiger partial charge in [-0.25, -0.2) is 4.79 Å². The number of rotatable bonds is 1. The van der Waals surface area contributed by atoms with E-state index in [4.69, 9.17) is 0 Å². The minimum Gasteiger partial charge on any atom is -0.477 e. The summed E-state index contributed by atoms with van der Waals surface area (Å²) in [4.78, 5) is 11.5. The van der Waals surface area contributed by atoms with Crippen molar-refractivity contribution in [3.05, 3.63) is 17.0 Å². The first kappa shape index (κ1) is 15.0. The molecule has 22 heavy (non-hydrogen) atoms. The predicted molar refractivity (Wildman–Crippen MR) is 78.2 cm³/mol. The molecule has 0 aliphatic heterocycles. The topological polar surface area (TPSA) is 99.1 Å². The molecule has 2 aliphatic rings. The molecule has 3 rings (SSSR count). The van der Waals surface area contributed by atoms with Crippen LogP contribution in [0.5, 0.6) is 0 Å². The number of carbonyl (C=O) groups is 1. The molecule has 0 saturated heterocycles. The summed E-state index contributed by atoms with van der Waals surface area (Å²) in [7, 11) is 1.66. The van der Waals surface area contributed by atoms with E-state index in [1.165, 1.54) is 4.68 Å². The monoisotopic (exact) mass is 303 g/mol. The van der Waals surface area contributed by atoms with E-state index in [9.17, 15) is 20.3 Å². The fraction of sp³-hybridized carbons (Fsp3) is 0.688. The van der Waals surface area contributed by atoms with Gasteiger partial charge in [-0.3, -0.25) is 4.68 Å².